The van der Waals surface area contributed by atoms with Crippen molar-refractivity contribution in [2.24, 2.45) is 5.73 Å². The number of aryl methyl sites for hydroxylation is 1. The fraction of sp³-hybridized carbons (Fsp3) is 0.667. The smallest absolute Gasteiger partial charge is 0.291 e. The number of anilines is 1. The second-order valence-corrected chi connectivity index (χ2v) is 6.12. The van der Waals surface area contributed by atoms with E-state index < -0.39 is 0 Å². The third-order valence-corrected chi connectivity index (χ3v) is 4.48. The van der Waals surface area contributed by atoms with Crippen molar-refractivity contribution in [3.63, 3.8) is 0 Å². The zero-order valence-electron chi connectivity index (χ0n) is 13.3. The van der Waals surface area contributed by atoms with E-state index in [-0.39, 0.29) is 11.9 Å². The average Bonchev–Trinajstić information content (AvgIpc) is 2.96. The summed E-state index contributed by atoms with van der Waals surface area (Å²) in [5, 5.41) is 3.25. The van der Waals surface area contributed by atoms with Crippen LogP contribution in [0.5, 0.6) is 0 Å². The van der Waals surface area contributed by atoms with Crippen LogP contribution in [0, 0.1) is 13.8 Å². The summed E-state index contributed by atoms with van der Waals surface area (Å²) in [6, 6.07) is 0.182. The lowest BCUT2D eigenvalue weighted by molar-refractivity contribution is 0.0723. The summed E-state index contributed by atoms with van der Waals surface area (Å²) in [7, 11) is 0. The van der Waals surface area contributed by atoms with Gasteiger partial charge in [0.15, 0.2) is 0 Å². The van der Waals surface area contributed by atoms with Crippen LogP contribution >= 0.6 is 0 Å². The molecule has 0 unspecified atom stereocenters. The van der Waals surface area contributed by atoms with Gasteiger partial charge in [-0.05, 0) is 20.3 Å². The second-order valence-electron chi connectivity index (χ2n) is 6.12. The standard InChI is InChI=1S/C15H24N6O/c1-10-11(2)18-13(15(22)20-7-4-17-5-8-20)19-14(10)21-6-3-12(16)9-21/h12,17H,3-9,16H2,1-2H3/t12-/m1/s1. The molecule has 3 heterocycles. The van der Waals surface area contributed by atoms with Gasteiger partial charge in [0, 0.05) is 56.6 Å². The molecule has 2 aliphatic heterocycles. The van der Waals surface area contributed by atoms with Crippen molar-refractivity contribution in [1.29, 1.82) is 0 Å². The maximum atomic E-state index is 12.6. The summed E-state index contributed by atoms with van der Waals surface area (Å²) < 4.78 is 0. The Labute approximate surface area is 130 Å². The van der Waals surface area contributed by atoms with Gasteiger partial charge in [0.2, 0.25) is 5.82 Å². The molecule has 3 rings (SSSR count). The molecule has 0 aliphatic carbocycles. The van der Waals surface area contributed by atoms with Crippen molar-refractivity contribution >= 4 is 11.7 Å². The SMILES string of the molecule is Cc1nc(C(=O)N2CCNCC2)nc(N2CC[C@@H](N)C2)c1C. The number of hydrogen-bond donors (Lipinski definition) is 2. The molecule has 2 aliphatic rings. The van der Waals surface area contributed by atoms with E-state index in [4.69, 9.17) is 5.73 Å². The Kier molecular flexibility index (Phi) is 4.26. The molecule has 1 aromatic rings. The van der Waals surface area contributed by atoms with Crippen LogP contribution in [0.15, 0.2) is 0 Å². The van der Waals surface area contributed by atoms with Crippen molar-refractivity contribution in [1.82, 2.24) is 20.2 Å². The molecule has 0 aromatic carbocycles. The summed E-state index contributed by atoms with van der Waals surface area (Å²) >= 11 is 0. The highest BCUT2D eigenvalue weighted by Crippen LogP contribution is 2.23. The van der Waals surface area contributed by atoms with E-state index in [9.17, 15) is 4.79 Å². The Morgan fingerprint density at radius 2 is 1.95 bits per heavy atom. The predicted molar refractivity (Wildman–Crippen MR) is 85.1 cm³/mol. The topological polar surface area (TPSA) is 87.4 Å². The Morgan fingerprint density at radius 3 is 2.59 bits per heavy atom. The lowest BCUT2D eigenvalue weighted by atomic mass is 10.2. The number of nitrogens with one attached hydrogen (secondary N) is 1. The van der Waals surface area contributed by atoms with Crippen LogP contribution in [0.3, 0.4) is 0 Å². The van der Waals surface area contributed by atoms with Crippen LogP contribution in [0.2, 0.25) is 0 Å². The van der Waals surface area contributed by atoms with Gasteiger partial charge in [-0.3, -0.25) is 4.79 Å². The Hall–Kier alpha value is -1.73. The largest absolute Gasteiger partial charge is 0.355 e. The first-order valence-corrected chi connectivity index (χ1v) is 7.92. The van der Waals surface area contributed by atoms with E-state index in [0.29, 0.717) is 18.9 Å². The number of hydrogen-bond acceptors (Lipinski definition) is 6. The summed E-state index contributed by atoms with van der Waals surface area (Å²) in [5.41, 5.74) is 7.90. The fourth-order valence-electron chi connectivity index (χ4n) is 3.01. The number of piperazine rings is 1. The van der Waals surface area contributed by atoms with Gasteiger partial charge in [0.25, 0.3) is 5.91 Å². The van der Waals surface area contributed by atoms with E-state index in [1.807, 2.05) is 18.7 Å². The molecule has 2 fully saturated rings. The van der Waals surface area contributed by atoms with Crippen molar-refractivity contribution < 1.29 is 4.79 Å². The van der Waals surface area contributed by atoms with Crippen LogP contribution in [-0.4, -0.2) is 66.1 Å². The number of nitrogens with zero attached hydrogens (tertiary/aromatic N) is 4. The quantitative estimate of drug-likeness (QED) is 0.778. The average molecular weight is 304 g/mol. The van der Waals surface area contributed by atoms with E-state index in [0.717, 1.165) is 49.7 Å². The van der Waals surface area contributed by atoms with Gasteiger partial charge in [0.05, 0.1) is 0 Å². The van der Waals surface area contributed by atoms with Gasteiger partial charge in [-0.2, -0.15) is 0 Å². The van der Waals surface area contributed by atoms with Crippen molar-refractivity contribution in [2.75, 3.05) is 44.2 Å². The minimum atomic E-state index is -0.0747. The second kappa shape index (κ2) is 6.18. The zero-order valence-corrected chi connectivity index (χ0v) is 13.3. The van der Waals surface area contributed by atoms with E-state index >= 15 is 0 Å². The van der Waals surface area contributed by atoms with Crippen LogP contribution < -0.4 is 16.0 Å². The maximum absolute atomic E-state index is 12.6. The molecule has 0 spiro atoms. The summed E-state index contributed by atoms with van der Waals surface area (Å²) in [4.78, 5) is 25.6. The monoisotopic (exact) mass is 304 g/mol. The van der Waals surface area contributed by atoms with Crippen molar-refractivity contribution in [3.8, 4) is 0 Å². The number of rotatable bonds is 2. The van der Waals surface area contributed by atoms with Gasteiger partial charge in [-0.15, -0.1) is 0 Å². The van der Waals surface area contributed by atoms with Gasteiger partial charge < -0.3 is 20.9 Å². The molecular formula is C15H24N6O. The Bertz CT molecular complexity index is 569. The Balaban J connectivity index is 1.88. The summed E-state index contributed by atoms with van der Waals surface area (Å²) in [5.74, 6) is 1.09. The number of carbonyl (C=O) groups is 1. The van der Waals surface area contributed by atoms with Crippen molar-refractivity contribution in [2.45, 2.75) is 26.3 Å². The van der Waals surface area contributed by atoms with Crippen LogP contribution in [-0.2, 0) is 0 Å². The molecular weight excluding hydrogens is 280 g/mol. The highest BCUT2D eigenvalue weighted by molar-refractivity contribution is 5.91. The first-order chi connectivity index (χ1) is 10.6. The van der Waals surface area contributed by atoms with E-state index in [2.05, 4.69) is 20.2 Å². The summed E-state index contributed by atoms with van der Waals surface area (Å²) in [6.07, 6.45) is 0.962. The first kappa shape index (κ1) is 15.2. The van der Waals surface area contributed by atoms with Gasteiger partial charge in [-0.1, -0.05) is 0 Å². The molecule has 0 bridgehead atoms. The predicted octanol–water partition coefficient (Wildman–Crippen LogP) is -0.324. The van der Waals surface area contributed by atoms with E-state index in [1.54, 1.807) is 0 Å². The Morgan fingerprint density at radius 1 is 1.23 bits per heavy atom. The molecule has 0 radical (unpaired) electrons. The van der Waals surface area contributed by atoms with Crippen LogP contribution in [0.1, 0.15) is 28.3 Å². The van der Waals surface area contributed by atoms with Crippen molar-refractivity contribution in [3.05, 3.63) is 17.1 Å². The van der Waals surface area contributed by atoms with E-state index in [1.165, 1.54) is 0 Å². The zero-order chi connectivity index (χ0) is 15.7. The number of carbonyl (C=O) groups excluding carboxylic acids is 1. The fourth-order valence-corrected chi connectivity index (χ4v) is 3.01. The molecule has 7 nitrogen and oxygen atoms in total. The molecule has 1 atom stereocenters. The highest BCUT2D eigenvalue weighted by atomic mass is 16.2. The first-order valence-electron chi connectivity index (χ1n) is 7.92. The van der Waals surface area contributed by atoms with Gasteiger partial charge in [-0.25, -0.2) is 9.97 Å². The third kappa shape index (κ3) is 2.91. The maximum Gasteiger partial charge on any atom is 0.291 e. The van der Waals surface area contributed by atoms with Crippen LogP contribution in [0.25, 0.3) is 0 Å². The molecule has 1 aromatic heterocycles. The summed E-state index contributed by atoms with van der Waals surface area (Å²) in [6.45, 7) is 8.68. The highest BCUT2D eigenvalue weighted by Gasteiger charge is 2.26. The molecule has 2 saturated heterocycles. The molecule has 120 valence electrons. The number of amides is 1. The molecule has 3 N–H and O–H groups in total. The normalized spacial score (nSPS) is 22.2. The van der Waals surface area contributed by atoms with Gasteiger partial charge >= 0.3 is 0 Å². The molecule has 0 saturated carbocycles. The van der Waals surface area contributed by atoms with Gasteiger partial charge in [0.1, 0.15) is 5.82 Å². The lowest BCUT2D eigenvalue weighted by Crippen LogP contribution is -2.47. The number of aromatic nitrogens is 2. The molecule has 7 heteroatoms. The number of nitrogens with two attached hydrogens (primary N) is 1. The molecule has 22 heavy (non-hydrogen) atoms. The molecule has 1 amide bonds. The third-order valence-electron chi connectivity index (χ3n) is 4.48. The lowest BCUT2D eigenvalue weighted by Gasteiger charge is -2.27. The minimum absolute atomic E-state index is 0.0747. The van der Waals surface area contributed by atoms with Crippen LogP contribution in [0.4, 0.5) is 5.82 Å². The minimum Gasteiger partial charge on any atom is -0.355 e.